The molecule has 14 heteroatoms. The van der Waals surface area contributed by atoms with Crippen LogP contribution in [0.15, 0.2) is 24.3 Å². The van der Waals surface area contributed by atoms with E-state index in [4.69, 9.17) is 36.9 Å². The van der Waals surface area contributed by atoms with Crippen LogP contribution in [-0.2, 0) is 9.47 Å². The number of pyridine rings is 2. The van der Waals surface area contributed by atoms with Gasteiger partial charge >= 0.3 is 0 Å². The Morgan fingerprint density at radius 2 is 1.25 bits per heavy atom. The topological polar surface area (TPSA) is 175 Å². The van der Waals surface area contributed by atoms with E-state index >= 15 is 0 Å². The van der Waals surface area contributed by atoms with E-state index in [1.54, 1.807) is 6.07 Å². The average molecular weight is 815 g/mol. The molecule has 0 atom stereocenters. The van der Waals surface area contributed by atoms with Crippen LogP contribution < -0.4 is 22.5 Å². The maximum Gasteiger partial charge on any atom is 0.215 e. The number of aromatic nitrogens is 2. The van der Waals surface area contributed by atoms with Gasteiger partial charge in [-0.15, -0.1) is 12.4 Å². The SMILES string of the molecule is CCOCC.CCOCC.Cl.NC1CC(O)C1.Nc1cc(I)cc(F)n1.Nc1cc(I)cc(NC2CC(O)C2)n1. The van der Waals surface area contributed by atoms with Crippen LogP contribution in [0.5, 0.6) is 0 Å². The van der Waals surface area contributed by atoms with Crippen LogP contribution >= 0.6 is 57.6 Å². The van der Waals surface area contributed by atoms with Gasteiger partial charge in [-0.1, -0.05) is 0 Å². The molecule has 2 aromatic heterocycles. The van der Waals surface area contributed by atoms with Gasteiger partial charge in [-0.05, 0) is 117 Å². The molecule has 0 spiro atoms. The molecule has 0 aromatic carbocycles. The lowest BCUT2D eigenvalue weighted by Crippen LogP contribution is -2.39. The molecule has 2 aliphatic carbocycles. The first-order valence-corrected chi connectivity index (χ1v) is 15.1. The van der Waals surface area contributed by atoms with Crippen molar-refractivity contribution in [2.45, 2.75) is 77.7 Å². The second kappa shape index (κ2) is 24.7. The van der Waals surface area contributed by atoms with E-state index in [1.807, 2.05) is 62.4 Å². The summed E-state index contributed by atoms with van der Waals surface area (Å²) in [7, 11) is 0. The lowest BCUT2D eigenvalue weighted by molar-refractivity contribution is 0.0770. The lowest BCUT2D eigenvalue weighted by atomic mass is 9.89. The molecule has 232 valence electrons. The van der Waals surface area contributed by atoms with Gasteiger partial charge in [0.1, 0.15) is 17.5 Å². The third-order valence-electron chi connectivity index (χ3n) is 5.02. The number of rotatable bonds is 6. The Morgan fingerprint density at radius 1 is 0.825 bits per heavy atom. The number of aliphatic hydroxyl groups is 2. The number of halogens is 4. The molecule has 0 aliphatic heterocycles. The number of nitrogens with zero attached hydrogens (tertiary/aromatic N) is 2. The molecular weight excluding hydrogens is 769 g/mol. The number of hydrogen-bond donors (Lipinski definition) is 6. The Kier molecular flexibility index (Phi) is 25.6. The van der Waals surface area contributed by atoms with Gasteiger partial charge in [-0.25, -0.2) is 9.97 Å². The summed E-state index contributed by atoms with van der Waals surface area (Å²) >= 11 is 4.17. The van der Waals surface area contributed by atoms with Gasteiger partial charge < -0.3 is 42.2 Å². The summed E-state index contributed by atoms with van der Waals surface area (Å²) in [6, 6.07) is 7.32. The fourth-order valence-corrected chi connectivity index (χ4v) is 4.22. The van der Waals surface area contributed by atoms with Crippen molar-refractivity contribution in [1.82, 2.24) is 9.97 Å². The molecule has 0 saturated heterocycles. The summed E-state index contributed by atoms with van der Waals surface area (Å²) in [5, 5.41) is 20.9. The highest BCUT2D eigenvalue weighted by Crippen LogP contribution is 2.24. The number of nitrogen functional groups attached to an aromatic ring is 2. The molecule has 0 unspecified atom stereocenters. The Morgan fingerprint density at radius 3 is 1.52 bits per heavy atom. The van der Waals surface area contributed by atoms with E-state index in [0.29, 0.717) is 17.9 Å². The summed E-state index contributed by atoms with van der Waals surface area (Å²) in [6.45, 7) is 11.3. The van der Waals surface area contributed by atoms with Crippen molar-refractivity contribution in [2.24, 2.45) is 5.73 Å². The summed E-state index contributed by atoms with van der Waals surface area (Å²) in [4.78, 5) is 7.50. The van der Waals surface area contributed by atoms with E-state index in [9.17, 15) is 4.39 Å². The summed E-state index contributed by atoms with van der Waals surface area (Å²) in [6.07, 6.45) is 2.98. The minimum atomic E-state index is -0.528. The third-order valence-corrected chi connectivity index (χ3v) is 6.27. The molecule has 2 saturated carbocycles. The molecule has 40 heavy (non-hydrogen) atoms. The van der Waals surface area contributed by atoms with Crippen molar-refractivity contribution in [3.05, 3.63) is 37.4 Å². The largest absolute Gasteiger partial charge is 0.393 e. The van der Waals surface area contributed by atoms with E-state index in [0.717, 1.165) is 65.1 Å². The van der Waals surface area contributed by atoms with Gasteiger partial charge in [0.15, 0.2) is 0 Å². The lowest BCUT2D eigenvalue weighted by Gasteiger charge is -2.32. The fraction of sp³-hybridized carbons (Fsp3) is 0.615. The van der Waals surface area contributed by atoms with E-state index in [1.165, 1.54) is 6.07 Å². The predicted octanol–water partition coefficient (Wildman–Crippen LogP) is 4.59. The zero-order chi connectivity index (χ0) is 29.8. The molecule has 2 heterocycles. The number of aliphatic hydroxyl groups excluding tert-OH is 2. The van der Waals surface area contributed by atoms with Crippen molar-refractivity contribution in [3.63, 3.8) is 0 Å². The maximum absolute atomic E-state index is 12.2. The highest BCUT2D eigenvalue weighted by Gasteiger charge is 2.27. The van der Waals surface area contributed by atoms with Crippen LogP contribution in [-0.4, -0.2) is 70.9 Å². The fourth-order valence-electron chi connectivity index (χ4n) is 3.03. The molecular formula is C26H46ClFI2N6O4. The Hall–Kier alpha value is -0.820. The normalized spacial score (nSPS) is 19.9. The van der Waals surface area contributed by atoms with Gasteiger partial charge in [0.2, 0.25) is 5.95 Å². The maximum atomic E-state index is 12.2. The first-order chi connectivity index (χ1) is 18.4. The number of anilines is 3. The van der Waals surface area contributed by atoms with Crippen molar-refractivity contribution >= 4 is 75.0 Å². The van der Waals surface area contributed by atoms with Crippen LogP contribution in [0.2, 0.25) is 0 Å². The van der Waals surface area contributed by atoms with Gasteiger partial charge in [0.25, 0.3) is 0 Å². The minimum Gasteiger partial charge on any atom is -0.393 e. The number of nitrogens with one attached hydrogen (secondary N) is 1. The van der Waals surface area contributed by atoms with Crippen LogP contribution in [0, 0.1) is 13.1 Å². The van der Waals surface area contributed by atoms with Crippen LogP contribution in [0.4, 0.5) is 21.8 Å². The summed E-state index contributed by atoms with van der Waals surface area (Å²) < 4.78 is 23.7. The molecule has 0 radical (unpaired) electrons. The molecule has 0 bridgehead atoms. The zero-order valence-electron chi connectivity index (χ0n) is 23.7. The highest BCUT2D eigenvalue weighted by molar-refractivity contribution is 14.1. The molecule has 10 nitrogen and oxygen atoms in total. The summed E-state index contributed by atoms with van der Waals surface area (Å²) in [5.41, 5.74) is 16.1. The van der Waals surface area contributed by atoms with Crippen LogP contribution in [0.1, 0.15) is 53.4 Å². The average Bonchev–Trinajstić information content (AvgIpc) is 2.79. The van der Waals surface area contributed by atoms with Crippen LogP contribution in [0.25, 0.3) is 0 Å². The van der Waals surface area contributed by atoms with Gasteiger partial charge in [-0.2, -0.15) is 4.39 Å². The molecule has 2 aliphatic rings. The van der Waals surface area contributed by atoms with E-state index in [2.05, 4.69) is 37.9 Å². The van der Waals surface area contributed by atoms with Gasteiger partial charge in [0, 0.05) is 51.7 Å². The Balaban J connectivity index is 0. The van der Waals surface area contributed by atoms with Crippen molar-refractivity contribution in [3.8, 4) is 0 Å². The predicted molar refractivity (Wildman–Crippen MR) is 180 cm³/mol. The highest BCUT2D eigenvalue weighted by atomic mass is 127. The molecule has 9 N–H and O–H groups in total. The standard InChI is InChI=1S/C9H12IN3O.C5H4FIN2.C4H9NO.2C4H10O.ClH/c10-5-1-8(11)13-9(2-5)12-6-3-7(14)4-6;6-4-1-3(7)2-5(8)9-4;5-3-1-4(6)2-3;2*1-3-5-4-2;/h1-2,6-7,14H,3-4H2,(H3,11,12,13);1-2H,(H2,8,9);3-4,6H,1-2,5H2;2*3-4H2,1-2H3;1H. The second-order valence-electron chi connectivity index (χ2n) is 8.54. The molecule has 4 rings (SSSR count). The number of hydrogen-bond acceptors (Lipinski definition) is 10. The smallest absolute Gasteiger partial charge is 0.215 e. The summed E-state index contributed by atoms with van der Waals surface area (Å²) in [5.74, 6) is 1.02. The number of nitrogens with two attached hydrogens (primary N) is 3. The van der Waals surface area contributed by atoms with Crippen molar-refractivity contribution < 1.29 is 24.1 Å². The van der Waals surface area contributed by atoms with Crippen LogP contribution in [0.3, 0.4) is 0 Å². The quantitative estimate of drug-likeness (QED) is 0.179. The third kappa shape index (κ3) is 21.9. The first-order valence-electron chi connectivity index (χ1n) is 13.0. The molecule has 2 aromatic rings. The zero-order valence-corrected chi connectivity index (χ0v) is 28.8. The molecule has 0 amide bonds. The van der Waals surface area contributed by atoms with Gasteiger partial charge in [-0.3, -0.25) is 0 Å². The van der Waals surface area contributed by atoms with E-state index < -0.39 is 5.95 Å². The van der Waals surface area contributed by atoms with Gasteiger partial charge in [0.05, 0.1) is 12.2 Å². The Bertz CT molecular complexity index is 827. The van der Waals surface area contributed by atoms with Crippen molar-refractivity contribution in [2.75, 3.05) is 43.2 Å². The first kappa shape index (κ1) is 41.3. The Labute approximate surface area is 271 Å². The second-order valence-corrected chi connectivity index (χ2v) is 11.0. The molecule has 2 fully saturated rings. The number of ether oxygens (including phenoxy) is 2. The minimum absolute atomic E-state index is 0. The van der Waals surface area contributed by atoms with E-state index in [-0.39, 0.29) is 30.4 Å². The monoisotopic (exact) mass is 814 g/mol. The van der Waals surface area contributed by atoms with Crippen molar-refractivity contribution in [1.29, 1.82) is 0 Å².